The third-order valence-electron chi connectivity index (χ3n) is 4.42. The van der Waals surface area contributed by atoms with Crippen LogP contribution in [0.1, 0.15) is 26.3 Å². The van der Waals surface area contributed by atoms with Gasteiger partial charge in [0.15, 0.2) is 17.3 Å². The van der Waals surface area contributed by atoms with Crippen LogP contribution in [0.4, 0.5) is 30.8 Å². The van der Waals surface area contributed by atoms with E-state index in [2.05, 4.69) is 30.9 Å². The van der Waals surface area contributed by atoms with Crippen molar-refractivity contribution in [3.63, 3.8) is 0 Å². The number of anilines is 3. The molecule has 1 atom stereocenters. The van der Waals surface area contributed by atoms with E-state index in [-0.39, 0.29) is 30.4 Å². The second-order valence-electron chi connectivity index (χ2n) is 7.04. The highest BCUT2D eigenvalue weighted by atomic mass is 19.1. The van der Waals surface area contributed by atoms with Gasteiger partial charge in [0.2, 0.25) is 17.8 Å². The first-order valence-corrected chi connectivity index (χ1v) is 9.01. The summed E-state index contributed by atoms with van der Waals surface area (Å²) in [7, 11) is 0. The molecule has 3 N–H and O–H groups in total. The van der Waals surface area contributed by atoms with Gasteiger partial charge in [-0.3, -0.25) is 9.36 Å². The number of nitrogens with one attached hydrogen (secondary N) is 3. The van der Waals surface area contributed by atoms with Crippen LogP contribution in [0, 0.1) is 17.5 Å². The zero-order valence-electron chi connectivity index (χ0n) is 15.6. The van der Waals surface area contributed by atoms with Crippen LogP contribution in [0.15, 0.2) is 18.3 Å². The standard InChI is InChI=1S/C18H18F3N7O/c1-8(2)24-17-23-7-13-16(27-17)28(10-5-14(29)22-6-10)18(25-13)26-15-11(20)3-9(19)4-12(15)21/h3-4,7-8,10H,5-6H2,1-2H3,(H,22,29)(H,25,26)(H,23,24,27). The second kappa shape index (κ2) is 7.22. The average Bonchev–Trinajstić information content (AvgIpc) is 3.20. The fourth-order valence-corrected chi connectivity index (χ4v) is 3.20. The van der Waals surface area contributed by atoms with Crippen molar-refractivity contribution in [2.75, 3.05) is 17.2 Å². The number of halogens is 3. The Morgan fingerprint density at radius 2 is 1.93 bits per heavy atom. The smallest absolute Gasteiger partial charge is 0.224 e. The minimum Gasteiger partial charge on any atom is -0.354 e. The maximum Gasteiger partial charge on any atom is 0.224 e. The first-order valence-electron chi connectivity index (χ1n) is 9.01. The molecule has 1 saturated heterocycles. The fourth-order valence-electron chi connectivity index (χ4n) is 3.20. The molecule has 1 amide bonds. The molecule has 4 rings (SSSR count). The molecule has 0 bridgehead atoms. The maximum absolute atomic E-state index is 14.1. The Hall–Kier alpha value is -3.37. The van der Waals surface area contributed by atoms with Crippen molar-refractivity contribution < 1.29 is 18.0 Å². The van der Waals surface area contributed by atoms with E-state index in [1.165, 1.54) is 6.20 Å². The molecule has 152 valence electrons. The number of imidazole rings is 1. The molecule has 3 aromatic rings. The molecule has 0 aliphatic carbocycles. The Morgan fingerprint density at radius 1 is 1.21 bits per heavy atom. The van der Waals surface area contributed by atoms with Crippen LogP contribution < -0.4 is 16.0 Å². The molecule has 1 aliphatic rings. The predicted molar refractivity (Wildman–Crippen MR) is 100 cm³/mol. The number of carbonyl (C=O) groups excluding carboxylic acids is 1. The van der Waals surface area contributed by atoms with Crippen LogP contribution in [0.25, 0.3) is 11.2 Å². The van der Waals surface area contributed by atoms with Gasteiger partial charge in [-0.1, -0.05) is 0 Å². The second-order valence-corrected chi connectivity index (χ2v) is 7.04. The zero-order valence-corrected chi connectivity index (χ0v) is 15.6. The van der Waals surface area contributed by atoms with Gasteiger partial charge in [0, 0.05) is 31.1 Å². The van der Waals surface area contributed by atoms with Gasteiger partial charge in [-0.05, 0) is 13.8 Å². The summed E-state index contributed by atoms with van der Waals surface area (Å²) in [4.78, 5) is 24.7. The Bertz CT molecular complexity index is 1080. The molecule has 1 aliphatic heterocycles. The fraction of sp³-hybridized carbons (Fsp3) is 0.333. The van der Waals surface area contributed by atoms with Gasteiger partial charge < -0.3 is 16.0 Å². The van der Waals surface area contributed by atoms with Crippen LogP contribution in [-0.4, -0.2) is 38.0 Å². The lowest BCUT2D eigenvalue weighted by Gasteiger charge is -2.16. The van der Waals surface area contributed by atoms with E-state index < -0.39 is 23.1 Å². The molecule has 0 spiro atoms. The third-order valence-corrected chi connectivity index (χ3v) is 4.42. The first-order chi connectivity index (χ1) is 13.8. The van der Waals surface area contributed by atoms with Gasteiger partial charge in [-0.2, -0.15) is 4.98 Å². The average molecular weight is 405 g/mol. The van der Waals surface area contributed by atoms with Crippen LogP contribution in [-0.2, 0) is 4.79 Å². The molecule has 29 heavy (non-hydrogen) atoms. The molecular formula is C18H18F3N7O. The molecule has 0 radical (unpaired) electrons. The van der Waals surface area contributed by atoms with E-state index in [0.29, 0.717) is 35.8 Å². The Balaban J connectivity index is 1.83. The molecule has 0 saturated carbocycles. The Kier molecular flexibility index (Phi) is 4.73. The molecule has 8 nitrogen and oxygen atoms in total. The maximum atomic E-state index is 14.1. The summed E-state index contributed by atoms with van der Waals surface area (Å²) in [5.74, 6) is -2.96. The van der Waals surface area contributed by atoms with Gasteiger partial charge in [0.05, 0.1) is 12.2 Å². The van der Waals surface area contributed by atoms with Crippen LogP contribution in [0.2, 0.25) is 0 Å². The lowest BCUT2D eigenvalue weighted by Crippen LogP contribution is -2.17. The highest BCUT2D eigenvalue weighted by molar-refractivity contribution is 5.81. The van der Waals surface area contributed by atoms with Crippen LogP contribution in [0.3, 0.4) is 0 Å². The van der Waals surface area contributed by atoms with E-state index in [1.807, 2.05) is 13.8 Å². The summed E-state index contributed by atoms with van der Waals surface area (Å²) in [6.45, 7) is 4.17. The van der Waals surface area contributed by atoms with E-state index >= 15 is 0 Å². The molecular weight excluding hydrogens is 387 g/mol. The summed E-state index contributed by atoms with van der Waals surface area (Å²) in [6.07, 6.45) is 1.64. The summed E-state index contributed by atoms with van der Waals surface area (Å²) in [6, 6.07) is 0.856. The Labute approximate surface area is 163 Å². The first kappa shape index (κ1) is 19.0. The zero-order chi connectivity index (χ0) is 20.7. The summed E-state index contributed by atoms with van der Waals surface area (Å²) in [5, 5.41) is 8.38. The molecule has 2 aromatic heterocycles. The van der Waals surface area contributed by atoms with E-state index in [1.54, 1.807) is 4.57 Å². The van der Waals surface area contributed by atoms with E-state index in [4.69, 9.17) is 0 Å². The lowest BCUT2D eigenvalue weighted by molar-refractivity contribution is -0.119. The van der Waals surface area contributed by atoms with E-state index in [0.717, 1.165) is 0 Å². The number of amides is 1. The molecule has 3 heterocycles. The number of aromatic nitrogens is 4. The summed E-state index contributed by atoms with van der Waals surface area (Å²) in [5.41, 5.74) is 0.230. The normalized spacial score (nSPS) is 16.5. The number of nitrogens with zero attached hydrogens (tertiary/aromatic N) is 4. The molecule has 1 fully saturated rings. The monoisotopic (exact) mass is 405 g/mol. The SMILES string of the molecule is CC(C)Nc1ncc2nc(Nc3c(F)cc(F)cc3F)n(C3CNC(=O)C3)c2n1. The van der Waals surface area contributed by atoms with Crippen molar-refractivity contribution >= 4 is 34.7 Å². The number of carbonyl (C=O) groups is 1. The van der Waals surface area contributed by atoms with Gasteiger partial charge >= 0.3 is 0 Å². The van der Waals surface area contributed by atoms with Gasteiger partial charge in [-0.25, -0.2) is 23.1 Å². The van der Waals surface area contributed by atoms with E-state index in [9.17, 15) is 18.0 Å². The van der Waals surface area contributed by atoms with Crippen molar-refractivity contribution in [2.45, 2.75) is 32.4 Å². The van der Waals surface area contributed by atoms with Crippen molar-refractivity contribution in [3.05, 3.63) is 35.8 Å². The molecule has 1 aromatic carbocycles. The largest absolute Gasteiger partial charge is 0.354 e. The Morgan fingerprint density at radius 3 is 2.55 bits per heavy atom. The number of fused-ring (bicyclic) bond motifs is 1. The van der Waals surface area contributed by atoms with Gasteiger partial charge in [0.1, 0.15) is 17.0 Å². The highest BCUT2D eigenvalue weighted by Gasteiger charge is 2.29. The topological polar surface area (TPSA) is 96.8 Å². The molecule has 11 heteroatoms. The van der Waals surface area contributed by atoms with Crippen molar-refractivity contribution in [2.24, 2.45) is 0 Å². The van der Waals surface area contributed by atoms with Gasteiger partial charge in [-0.15, -0.1) is 0 Å². The number of hydrogen-bond acceptors (Lipinski definition) is 6. The van der Waals surface area contributed by atoms with Crippen LogP contribution >= 0.6 is 0 Å². The van der Waals surface area contributed by atoms with Gasteiger partial charge in [0.25, 0.3) is 0 Å². The highest BCUT2D eigenvalue weighted by Crippen LogP contribution is 2.31. The number of rotatable bonds is 5. The summed E-state index contributed by atoms with van der Waals surface area (Å²) >= 11 is 0. The minimum absolute atomic E-state index is 0.0712. The predicted octanol–water partition coefficient (Wildman–Crippen LogP) is 2.87. The summed E-state index contributed by atoms with van der Waals surface area (Å²) < 4.78 is 43.1. The van der Waals surface area contributed by atoms with Crippen molar-refractivity contribution in [3.8, 4) is 0 Å². The van der Waals surface area contributed by atoms with Crippen molar-refractivity contribution in [1.29, 1.82) is 0 Å². The van der Waals surface area contributed by atoms with Crippen LogP contribution in [0.5, 0.6) is 0 Å². The number of benzene rings is 1. The third kappa shape index (κ3) is 3.67. The molecule has 1 unspecified atom stereocenters. The lowest BCUT2D eigenvalue weighted by atomic mass is 10.2. The minimum atomic E-state index is -1.10. The van der Waals surface area contributed by atoms with Crippen molar-refractivity contribution in [1.82, 2.24) is 24.8 Å². The number of hydrogen-bond donors (Lipinski definition) is 3. The quantitative estimate of drug-likeness (QED) is 0.604.